The molecule has 0 saturated carbocycles. The fourth-order valence-electron chi connectivity index (χ4n) is 1.47. The molecule has 0 fully saturated rings. The predicted octanol–water partition coefficient (Wildman–Crippen LogP) is 3.84. The number of ether oxygens (including phenoxy) is 1. The maximum atomic E-state index is 5.71. The minimum absolute atomic E-state index is 0.582. The van der Waals surface area contributed by atoms with Gasteiger partial charge >= 0.3 is 0 Å². The zero-order valence-corrected chi connectivity index (χ0v) is 11.3. The summed E-state index contributed by atoms with van der Waals surface area (Å²) in [5.74, 6) is 1.35. The number of hydrogen-bond donors (Lipinski definition) is 1. The maximum Gasteiger partial charge on any atom is 0.219 e. The van der Waals surface area contributed by atoms with Crippen molar-refractivity contribution in [1.82, 2.24) is 4.98 Å². The van der Waals surface area contributed by atoms with Gasteiger partial charge in [-0.3, -0.25) is 0 Å². The summed E-state index contributed by atoms with van der Waals surface area (Å²) in [5, 5.41) is 0. The predicted molar refractivity (Wildman–Crippen MR) is 72.3 cm³/mol. The van der Waals surface area contributed by atoms with E-state index in [0.717, 1.165) is 27.0 Å². The lowest BCUT2D eigenvalue weighted by molar-refractivity contribution is 0.459. The van der Waals surface area contributed by atoms with Crippen LogP contribution in [0.15, 0.2) is 34.9 Å². The average Bonchev–Trinajstić information content (AvgIpc) is 2.27. The van der Waals surface area contributed by atoms with Crippen molar-refractivity contribution in [2.75, 3.05) is 5.73 Å². The highest BCUT2D eigenvalue weighted by atomic mass is 79.9. The number of benzene rings is 1. The zero-order valence-electron chi connectivity index (χ0n) is 9.70. The van der Waals surface area contributed by atoms with Gasteiger partial charge in [0.2, 0.25) is 5.88 Å². The van der Waals surface area contributed by atoms with Gasteiger partial charge in [-0.1, -0.05) is 0 Å². The van der Waals surface area contributed by atoms with Crippen LogP contribution in [0.3, 0.4) is 0 Å². The van der Waals surface area contributed by atoms with Crippen molar-refractivity contribution in [3.05, 3.63) is 46.1 Å². The second-order valence-corrected chi connectivity index (χ2v) is 4.75. The minimum atomic E-state index is 0.582. The summed E-state index contributed by atoms with van der Waals surface area (Å²) in [7, 11) is 0. The molecule has 4 heteroatoms. The molecule has 3 nitrogen and oxygen atoms in total. The van der Waals surface area contributed by atoms with E-state index in [0.29, 0.717) is 5.88 Å². The van der Waals surface area contributed by atoms with Crippen molar-refractivity contribution in [3.8, 4) is 11.6 Å². The van der Waals surface area contributed by atoms with Crippen molar-refractivity contribution in [2.24, 2.45) is 0 Å². The summed E-state index contributed by atoms with van der Waals surface area (Å²) < 4.78 is 6.68. The van der Waals surface area contributed by atoms with E-state index >= 15 is 0 Å². The summed E-state index contributed by atoms with van der Waals surface area (Å²) in [6.45, 7) is 3.95. The second-order valence-electron chi connectivity index (χ2n) is 3.90. The van der Waals surface area contributed by atoms with Crippen LogP contribution in [0.4, 0.5) is 5.69 Å². The van der Waals surface area contributed by atoms with Crippen LogP contribution in [0, 0.1) is 13.8 Å². The first-order chi connectivity index (χ1) is 8.06. The van der Waals surface area contributed by atoms with Crippen molar-refractivity contribution in [3.63, 3.8) is 0 Å². The fraction of sp³-hybridized carbons (Fsp3) is 0.154. The first-order valence-electron chi connectivity index (χ1n) is 5.22. The Morgan fingerprint density at radius 1 is 1.18 bits per heavy atom. The van der Waals surface area contributed by atoms with Crippen LogP contribution in [-0.4, -0.2) is 4.98 Å². The van der Waals surface area contributed by atoms with Gasteiger partial charge in [-0.05, 0) is 59.1 Å². The summed E-state index contributed by atoms with van der Waals surface area (Å²) in [5.41, 5.74) is 8.50. The highest BCUT2D eigenvalue weighted by molar-refractivity contribution is 9.10. The van der Waals surface area contributed by atoms with Gasteiger partial charge in [-0.2, -0.15) is 0 Å². The number of aryl methyl sites for hydroxylation is 2. The molecular weight excluding hydrogens is 280 g/mol. The van der Waals surface area contributed by atoms with Gasteiger partial charge < -0.3 is 10.5 Å². The monoisotopic (exact) mass is 292 g/mol. The molecular formula is C13H13BrN2O. The van der Waals surface area contributed by atoms with Crippen LogP contribution in [0.5, 0.6) is 11.6 Å². The first kappa shape index (κ1) is 11.9. The van der Waals surface area contributed by atoms with Crippen molar-refractivity contribution in [2.45, 2.75) is 13.8 Å². The Kier molecular flexibility index (Phi) is 3.33. The Balaban J connectivity index is 2.28. The molecule has 0 radical (unpaired) electrons. The summed E-state index contributed by atoms with van der Waals surface area (Å²) >= 11 is 3.40. The van der Waals surface area contributed by atoms with Gasteiger partial charge in [-0.15, -0.1) is 0 Å². The highest BCUT2D eigenvalue weighted by Crippen LogP contribution is 2.27. The maximum absolute atomic E-state index is 5.71. The molecule has 0 saturated heterocycles. The number of anilines is 1. The van der Waals surface area contributed by atoms with Gasteiger partial charge in [0.05, 0.1) is 0 Å². The lowest BCUT2D eigenvalue weighted by Gasteiger charge is -2.09. The smallest absolute Gasteiger partial charge is 0.219 e. The third-order valence-corrected chi connectivity index (χ3v) is 3.27. The highest BCUT2D eigenvalue weighted by Gasteiger charge is 2.04. The number of hydrogen-bond acceptors (Lipinski definition) is 3. The SMILES string of the molecule is Cc1cc(Oc2ccc(N)cc2C)ncc1Br. The van der Waals surface area contributed by atoms with Gasteiger partial charge in [0.1, 0.15) is 5.75 Å². The Labute approximate surface area is 109 Å². The first-order valence-corrected chi connectivity index (χ1v) is 6.01. The van der Waals surface area contributed by atoms with E-state index in [-0.39, 0.29) is 0 Å². The van der Waals surface area contributed by atoms with Crippen LogP contribution in [-0.2, 0) is 0 Å². The standard InChI is InChI=1S/C13H13BrN2O/c1-8-6-13(16-7-11(8)14)17-12-4-3-10(15)5-9(12)2/h3-7H,15H2,1-2H3. The summed E-state index contributed by atoms with van der Waals surface area (Å²) in [6.07, 6.45) is 1.73. The number of nitrogens with two attached hydrogens (primary N) is 1. The molecule has 1 heterocycles. The van der Waals surface area contributed by atoms with Gasteiger partial charge in [0.15, 0.2) is 0 Å². The fourth-order valence-corrected chi connectivity index (χ4v) is 1.69. The molecule has 2 N–H and O–H groups in total. The topological polar surface area (TPSA) is 48.1 Å². The molecule has 0 unspecified atom stereocenters. The third-order valence-electron chi connectivity index (χ3n) is 2.44. The summed E-state index contributed by atoms with van der Waals surface area (Å²) in [4.78, 5) is 4.20. The molecule has 0 amide bonds. The number of pyridine rings is 1. The van der Waals surface area contributed by atoms with Crippen LogP contribution < -0.4 is 10.5 Å². The Hall–Kier alpha value is -1.55. The Morgan fingerprint density at radius 3 is 2.59 bits per heavy atom. The number of nitrogen functional groups attached to an aromatic ring is 1. The number of halogens is 1. The molecule has 2 rings (SSSR count). The third kappa shape index (κ3) is 2.77. The average molecular weight is 293 g/mol. The summed E-state index contributed by atoms with van der Waals surface area (Å²) in [6, 6.07) is 7.43. The lowest BCUT2D eigenvalue weighted by Crippen LogP contribution is -1.93. The van der Waals surface area contributed by atoms with Crippen molar-refractivity contribution < 1.29 is 4.74 Å². The number of aromatic nitrogens is 1. The molecule has 2 aromatic rings. The van der Waals surface area contributed by atoms with E-state index in [1.165, 1.54) is 0 Å². The van der Waals surface area contributed by atoms with E-state index in [1.807, 2.05) is 38.1 Å². The van der Waals surface area contributed by atoms with Crippen LogP contribution in [0.2, 0.25) is 0 Å². The van der Waals surface area contributed by atoms with Gasteiger partial charge in [0, 0.05) is 22.4 Å². The van der Waals surface area contributed by atoms with Crippen molar-refractivity contribution in [1.29, 1.82) is 0 Å². The second kappa shape index (κ2) is 4.75. The molecule has 1 aromatic carbocycles. The minimum Gasteiger partial charge on any atom is -0.439 e. The molecule has 0 aliphatic rings. The number of rotatable bonds is 2. The normalized spacial score (nSPS) is 10.3. The van der Waals surface area contributed by atoms with E-state index in [2.05, 4.69) is 20.9 Å². The largest absolute Gasteiger partial charge is 0.439 e. The number of nitrogens with zero attached hydrogens (tertiary/aromatic N) is 1. The van der Waals surface area contributed by atoms with Crippen LogP contribution >= 0.6 is 15.9 Å². The van der Waals surface area contributed by atoms with Crippen LogP contribution in [0.1, 0.15) is 11.1 Å². The van der Waals surface area contributed by atoms with E-state index in [1.54, 1.807) is 6.20 Å². The molecule has 0 bridgehead atoms. The molecule has 0 spiro atoms. The Bertz CT molecular complexity index is 555. The van der Waals surface area contributed by atoms with E-state index in [4.69, 9.17) is 10.5 Å². The van der Waals surface area contributed by atoms with E-state index in [9.17, 15) is 0 Å². The van der Waals surface area contributed by atoms with Crippen molar-refractivity contribution >= 4 is 21.6 Å². The molecule has 17 heavy (non-hydrogen) atoms. The Morgan fingerprint density at radius 2 is 1.94 bits per heavy atom. The quantitative estimate of drug-likeness (QED) is 0.856. The molecule has 0 aliphatic carbocycles. The molecule has 88 valence electrons. The molecule has 0 aliphatic heterocycles. The zero-order chi connectivity index (χ0) is 12.4. The van der Waals surface area contributed by atoms with Gasteiger partial charge in [0.25, 0.3) is 0 Å². The van der Waals surface area contributed by atoms with E-state index < -0.39 is 0 Å². The molecule has 1 aromatic heterocycles. The molecule has 0 atom stereocenters. The van der Waals surface area contributed by atoms with Gasteiger partial charge in [-0.25, -0.2) is 4.98 Å². The lowest BCUT2D eigenvalue weighted by atomic mass is 10.2. The van der Waals surface area contributed by atoms with Crippen LogP contribution in [0.25, 0.3) is 0 Å².